The summed E-state index contributed by atoms with van der Waals surface area (Å²) in [5, 5.41) is 7.65. The Bertz CT molecular complexity index is 484. The average Bonchev–Trinajstić information content (AvgIpc) is 2.29. The van der Waals surface area contributed by atoms with E-state index in [4.69, 9.17) is 5.73 Å². The molecule has 0 unspecified atom stereocenters. The molecule has 4 nitrogen and oxygen atoms in total. The number of halogens is 1. The minimum Gasteiger partial charge on any atom is -0.382 e. The number of nitrogens with zero attached hydrogens (tertiary/aromatic N) is 3. The van der Waals surface area contributed by atoms with Crippen molar-refractivity contribution in [2.45, 2.75) is 0 Å². The van der Waals surface area contributed by atoms with E-state index in [2.05, 4.69) is 10.2 Å². The first-order valence-electron chi connectivity index (χ1n) is 4.75. The van der Waals surface area contributed by atoms with Crippen LogP contribution in [0.2, 0.25) is 0 Å². The fourth-order valence-electron chi connectivity index (χ4n) is 1.33. The van der Waals surface area contributed by atoms with Gasteiger partial charge in [0, 0.05) is 12.7 Å². The van der Waals surface area contributed by atoms with Crippen LogP contribution in [0.25, 0.3) is 0 Å². The second kappa shape index (κ2) is 4.14. The molecule has 82 valence electrons. The molecule has 0 amide bonds. The number of anilines is 3. The van der Waals surface area contributed by atoms with Gasteiger partial charge in [-0.3, -0.25) is 0 Å². The van der Waals surface area contributed by atoms with Gasteiger partial charge in [-0.05, 0) is 30.3 Å². The van der Waals surface area contributed by atoms with Crippen LogP contribution >= 0.6 is 0 Å². The number of nitrogens with two attached hydrogens (primary N) is 1. The molecule has 16 heavy (non-hydrogen) atoms. The zero-order valence-corrected chi connectivity index (χ0v) is 8.76. The molecule has 2 N–H and O–H groups in total. The molecule has 0 radical (unpaired) electrons. The van der Waals surface area contributed by atoms with E-state index in [1.807, 2.05) is 0 Å². The minimum absolute atomic E-state index is 0.284. The Kier molecular flexibility index (Phi) is 2.68. The predicted octanol–water partition coefficient (Wildman–Crippen LogP) is 1.97. The third-order valence-electron chi connectivity index (χ3n) is 2.21. The van der Waals surface area contributed by atoms with Gasteiger partial charge in [0.2, 0.25) is 0 Å². The topological polar surface area (TPSA) is 55.0 Å². The molecule has 0 fully saturated rings. The first kappa shape index (κ1) is 10.4. The van der Waals surface area contributed by atoms with Gasteiger partial charge in [0.1, 0.15) is 11.6 Å². The largest absolute Gasteiger partial charge is 0.382 e. The van der Waals surface area contributed by atoms with E-state index in [-0.39, 0.29) is 5.82 Å². The van der Waals surface area contributed by atoms with Crippen LogP contribution in [0.1, 0.15) is 0 Å². The highest BCUT2D eigenvalue weighted by Gasteiger charge is 2.06. The summed E-state index contributed by atoms with van der Waals surface area (Å²) < 4.78 is 13.0. The molecular formula is C11H11FN4. The number of nitrogen functional groups attached to an aromatic ring is 1. The second-order valence-electron chi connectivity index (χ2n) is 3.36. The zero-order chi connectivity index (χ0) is 11.5. The van der Waals surface area contributed by atoms with Crippen LogP contribution in [0.15, 0.2) is 36.4 Å². The van der Waals surface area contributed by atoms with Crippen molar-refractivity contribution in [3.63, 3.8) is 0 Å². The summed E-state index contributed by atoms with van der Waals surface area (Å²) in [6, 6.07) is 9.64. The van der Waals surface area contributed by atoms with Gasteiger partial charge in [0.15, 0.2) is 5.82 Å². The van der Waals surface area contributed by atoms with Crippen LogP contribution in [0, 0.1) is 5.82 Å². The predicted molar refractivity (Wildman–Crippen MR) is 60.9 cm³/mol. The van der Waals surface area contributed by atoms with Crippen LogP contribution in [0.3, 0.4) is 0 Å². The number of hydrogen-bond acceptors (Lipinski definition) is 4. The van der Waals surface area contributed by atoms with E-state index in [1.54, 1.807) is 36.2 Å². The molecule has 0 atom stereocenters. The highest BCUT2D eigenvalue weighted by Crippen LogP contribution is 2.21. The maximum Gasteiger partial charge on any atom is 0.155 e. The van der Waals surface area contributed by atoms with Gasteiger partial charge in [0.05, 0.1) is 0 Å². The van der Waals surface area contributed by atoms with Crippen molar-refractivity contribution < 1.29 is 4.39 Å². The highest BCUT2D eigenvalue weighted by molar-refractivity contribution is 5.59. The molecule has 0 aliphatic heterocycles. The molecule has 0 bridgehead atoms. The molecule has 1 heterocycles. The number of aromatic nitrogens is 2. The fourth-order valence-corrected chi connectivity index (χ4v) is 1.33. The molecule has 0 aliphatic rings. The smallest absolute Gasteiger partial charge is 0.155 e. The van der Waals surface area contributed by atoms with E-state index >= 15 is 0 Å². The van der Waals surface area contributed by atoms with Crippen molar-refractivity contribution in [1.29, 1.82) is 0 Å². The summed E-state index contributed by atoms with van der Waals surface area (Å²) in [7, 11) is 1.79. The fraction of sp³-hybridized carbons (Fsp3) is 0.0909. The summed E-state index contributed by atoms with van der Waals surface area (Å²) >= 11 is 0. The Balaban J connectivity index is 2.31. The summed E-state index contributed by atoms with van der Waals surface area (Å²) in [6.45, 7) is 0. The first-order valence-corrected chi connectivity index (χ1v) is 4.75. The maximum absolute atomic E-state index is 13.0. The average molecular weight is 218 g/mol. The van der Waals surface area contributed by atoms with Gasteiger partial charge in [-0.25, -0.2) is 4.39 Å². The standard InChI is InChI=1S/C11H11FN4/c1-16(9-4-2-3-8(12)7-9)11-6-5-10(13)14-15-11/h2-7H,1H3,(H2,13,14). The van der Waals surface area contributed by atoms with E-state index in [9.17, 15) is 4.39 Å². The van der Waals surface area contributed by atoms with E-state index in [1.165, 1.54) is 12.1 Å². The van der Waals surface area contributed by atoms with Crippen molar-refractivity contribution in [3.05, 3.63) is 42.2 Å². The van der Waals surface area contributed by atoms with Crippen molar-refractivity contribution in [2.24, 2.45) is 0 Å². The van der Waals surface area contributed by atoms with Gasteiger partial charge in [-0.15, -0.1) is 10.2 Å². The van der Waals surface area contributed by atoms with Gasteiger partial charge in [-0.1, -0.05) is 6.07 Å². The third kappa shape index (κ3) is 2.08. The lowest BCUT2D eigenvalue weighted by molar-refractivity contribution is 0.628. The molecule has 0 aliphatic carbocycles. The second-order valence-corrected chi connectivity index (χ2v) is 3.36. The Morgan fingerprint density at radius 1 is 1.19 bits per heavy atom. The Labute approximate surface area is 92.5 Å². The quantitative estimate of drug-likeness (QED) is 0.837. The van der Waals surface area contributed by atoms with Gasteiger partial charge in [-0.2, -0.15) is 0 Å². The van der Waals surface area contributed by atoms with Gasteiger partial charge >= 0.3 is 0 Å². The van der Waals surface area contributed by atoms with Crippen LogP contribution in [0.5, 0.6) is 0 Å². The van der Waals surface area contributed by atoms with Crippen molar-refractivity contribution in [2.75, 3.05) is 17.7 Å². The maximum atomic E-state index is 13.0. The normalized spacial score (nSPS) is 10.1. The summed E-state index contributed by atoms with van der Waals surface area (Å²) in [4.78, 5) is 1.73. The lowest BCUT2D eigenvalue weighted by atomic mass is 10.3. The Morgan fingerprint density at radius 2 is 2.00 bits per heavy atom. The molecule has 2 rings (SSSR count). The molecule has 0 saturated heterocycles. The zero-order valence-electron chi connectivity index (χ0n) is 8.76. The molecular weight excluding hydrogens is 207 g/mol. The monoisotopic (exact) mass is 218 g/mol. The number of benzene rings is 1. The van der Waals surface area contributed by atoms with Crippen molar-refractivity contribution in [1.82, 2.24) is 10.2 Å². The van der Waals surface area contributed by atoms with Crippen LogP contribution in [-0.4, -0.2) is 17.2 Å². The van der Waals surface area contributed by atoms with Crippen molar-refractivity contribution in [3.8, 4) is 0 Å². The molecule has 0 spiro atoms. The van der Waals surface area contributed by atoms with Crippen LogP contribution in [-0.2, 0) is 0 Å². The van der Waals surface area contributed by atoms with Gasteiger partial charge in [0.25, 0.3) is 0 Å². The Morgan fingerprint density at radius 3 is 2.62 bits per heavy atom. The molecule has 5 heteroatoms. The molecule has 0 saturated carbocycles. The summed E-state index contributed by atoms with van der Waals surface area (Å²) in [5.74, 6) is 0.684. The van der Waals surface area contributed by atoms with E-state index in [0.29, 0.717) is 17.3 Å². The van der Waals surface area contributed by atoms with Crippen LogP contribution in [0.4, 0.5) is 21.7 Å². The SMILES string of the molecule is CN(c1cccc(F)c1)c1ccc(N)nn1. The van der Waals surface area contributed by atoms with E-state index < -0.39 is 0 Å². The van der Waals surface area contributed by atoms with Crippen LogP contribution < -0.4 is 10.6 Å². The highest BCUT2D eigenvalue weighted by atomic mass is 19.1. The third-order valence-corrected chi connectivity index (χ3v) is 2.21. The molecule has 1 aromatic heterocycles. The molecule has 2 aromatic rings. The van der Waals surface area contributed by atoms with E-state index in [0.717, 1.165) is 0 Å². The number of hydrogen-bond donors (Lipinski definition) is 1. The Hall–Kier alpha value is -2.17. The van der Waals surface area contributed by atoms with Gasteiger partial charge < -0.3 is 10.6 Å². The number of rotatable bonds is 2. The lowest BCUT2D eigenvalue weighted by Crippen LogP contribution is -2.12. The summed E-state index contributed by atoms with van der Waals surface area (Å²) in [6.07, 6.45) is 0. The summed E-state index contributed by atoms with van der Waals surface area (Å²) in [5.41, 5.74) is 6.14. The van der Waals surface area contributed by atoms with Crippen molar-refractivity contribution >= 4 is 17.3 Å². The molecule has 1 aromatic carbocycles. The first-order chi connectivity index (χ1) is 7.66. The minimum atomic E-state index is -0.284. The lowest BCUT2D eigenvalue weighted by Gasteiger charge is -2.17.